The van der Waals surface area contributed by atoms with E-state index in [1.807, 2.05) is 48.5 Å². The lowest BCUT2D eigenvalue weighted by Crippen LogP contribution is -1.96. The van der Waals surface area contributed by atoms with E-state index < -0.39 is 0 Å². The molecule has 0 fully saturated rings. The molecule has 3 aromatic rings. The monoisotopic (exact) mass is 289 g/mol. The molecule has 110 valence electrons. The summed E-state index contributed by atoms with van der Waals surface area (Å²) in [5.74, 6) is 0.863. The molecule has 0 aromatic heterocycles. The Labute approximate surface area is 131 Å². The summed E-state index contributed by atoms with van der Waals surface area (Å²) in [4.78, 5) is 0. The number of benzene rings is 3. The summed E-state index contributed by atoms with van der Waals surface area (Å²) in [6.07, 6.45) is 0. The lowest BCUT2D eigenvalue weighted by atomic mass is 10.2. The lowest BCUT2D eigenvalue weighted by Gasteiger charge is -2.10. The SMILES string of the molecule is Cc1cccc(Nc2cccc(OCc3ccccc3)c2)c1. The molecule has 0 aliphatic heterocycles. The van der Waals surface area contributed by atoms with E-state index in [2.05, 4.69) is 42.6 Å². The van der Waals surface area contributed by atoms with Crippen molar-refractivity contribution in [1.29, 1.82) is 0 Å². The average Bonchev–Trinajstić information content (AvgIpc) is 2.54. The molecular formula is C20H19NO. The smallest absolute Gasteiger partial charge is 0.121 e. The summed E-state index contributed by atoms with van der Waals surface area (Å²) < 4.78 is 5.85. The molecule has 0 atom stereocenters. The molecule has 3 rings (SSSR count). The Morgan fingerprint density at radius 3 is 2.27 bits per heavy atom. The summed E-state index contributed by atoms with van der Waals surface area (Å²) in [6.45, 7) is 2.67. The number of ether oxygens (including phenoxy) is 1. The molecule has 0 heterocycles. The number of hydrogen-bond acceptors (Lipinski definition) is 2. The summed E-state index contributed by atoms with van der Waals surface area (Å²) >= 11 is 0. The van der Waals surface area contributed by atoms with Gasteiger partial charge in [0.25, 0.3) is 0 Å². The number of rotatable bonds is 5. The lowest BCUT2D eigenvalue weighted by molar-refractivity contribution is 0.306. The van der Waals surface area contributed by atoms with Crippen LogP contribution in [0.25, 0.3) is 0 Å². The zero-order chi connectivity index (χ0) is 15.2. The molecule has 2 heteroatoms. The van der Waals surface area contributed by atoms with Crippen molar-refractivity contribution >= 4 is 11.4 Å². The van der Waals surface area contributed by atoms with Gasteiger partial charge in [0.1, 0.15) is 12.4 Å². The summed E-state index contributed by atoms with van der Waals surface area (Å²) in [7, 11) is 0. The topological polar surface area (TPSA) is 21.3 Å². The third-order valence-electron chi connectivity index (χ3n) is 3.39. The Hall–Kier alpha value is -2.74. The van der Waals surface area contributed by atoms with Crippen LogP contribution >= 0.6 is 0 Å². The molecule has 1 N–H and O–H groups in total. The van der Waals surface area contributed by atoms with Crippen LogP contribution in [0.5, 0.6) is 5.75 Å². The van der Waals surface area contributed by atoms with Gasteiger partial charge in [0, 0.05) is 17.4 Å². The Morgan fingerprint density at radius 2 is 1.50 bits per heavy atom. The Bertz CT molecular complexity index is 737. The molecule has 0 saturated carbocycles. The minimum absolute atomic E-state index is 0.578. The van der Waals surface area contributed by atoms with Gasteiger partial charge in [0.05, 0.1) is 0 Å². The van der Waals surface area contributed by atoms with Crippen LogP contribution in [0.3, 0.4) is 0 Å². The minimum atomic E-state index is 0.578. The minimum Gasteiger partial charge on any atom is -0.489 e. The first kappa shape index (κ1) is 14.2. The summed E-state index contributed by atoms with van der Waals surface area (Å²) in [5, 5.41) is 3.40. The van der Waals surface area contributed by atoms with Gasteiger partial charge in [-0.1, -0.05) is 48.5 Å². The van der Waals surface area contributed by atoms with Crippen molar-refractivity contribution in [2.45, 2.75) is 13.5 Å². The van der Waals surface area contributed by atoms with Gasteiger partial charge < -0.3 is 10.1 Å². The van der Waals surface area contributed by atoms with E-state index in [0.29, 0.717) is 6.61 Å². The first-order chi connectivity index (χ1) is 10.8. The van der Waals surface area contributed by atoms with Gasteiger partial charge in [-0.15, -0.1) is 0 Å². The molecule has 2 nitrogen and oxygen atoms in total. The fraction of sp³-hybridized carbons (Fsp3) is 0.100. The second kappa shape index (κ2) is 6.81. The van der Waals surface area contributed by atoms with Gasteiger partial charge >= 0.3 is 0 Å². The standard InChI is InChI=1S/C20H19NO/c1-16-7-5-10-18(13-16)21-19-11-6-12-20(14-19)22-15-17-8-3-2-4-9-17/h2-14,21H,15H2,1H3. The second-order valence-electron chi connectivity index (χ2n) is 5.30. The number of aryl methyl sites for hydroxylation is 1. The van der Waals surface area contributed by atoms with Gasteiger partial charge in [0.2, 0.25) is 0 Å². The first-order valence-electron chi connectivity index (χ1n) is 7.40. The van der Waals surface area contributed by atoms with Crippen molar-refractivity contribution in [1.82, 2.24) is 0 Å². The molecule has 0 amide bonds. The number of nitrogens with one attached hydrogen (secondary N) is 1. The van der Waals surface area contributed by atoms with E-state index in [4.69, 9.17) is 4.74 Å². The second-order valence-corrected chi connectivity index (χ2v) is 5.30. The maximum Gasteiger partial charge on any atom is 0.121 e. The van der Waals surface area contributed by atoms with Gasteiger partial charge in [0.15, 0.2) is 0 Å². The third-order valence-corrected chi connectivity index (χ3v) is 3.39. The molecule has 0 saturated heterocycles. The quantitative estimate of drug-likeness (QED) is 0.686. The van der Waals surface area contributed by atoms with Crippen LogP contribution in [-0.4, -0.2) is 0 Å². The highest BCUT2D eigenvalue weighted by Gasteiger charge is 1.99. The highest BCUT2D eigenvalue weighted by atomic mass is 16.5. The first-order valence-corrected chi connectivity index (χ1v) is 7.40. The highest BCUT2D eigenvalue weighted by molar-refractivity contribution is 5.61. The van der Waals surface area contributed by atoms with Crippen LogP contribution in [0.4, 0.5) is 11.4 Å². The fourth-order valence-electron chi connectivity index (χ4n) is 2.29. The van der Waals surface area contributed by atoms with Crippen LogP contribution in [0.15, 0.2) is 78.9 Å². The van der Waals surface area contributed by atoms with E-state index in [1.165, 1.54) is 11.1 Å². The average molecular weight is 289 g/mol. The molecular weight excluding hydrogens is 270 g/mol. The highest BCUT2D eigenvalue weighted by Crippen LogP contribution is 2.22. The van der Waals surface area contributed by atoms with Crippen molar-refractivity contribution in [3.05, 3.63) is 90.0 Å². The van der Waals surface area contributed by atoms with Crippen LogP contribution < -0.4 is 10.1 Å². The zero-order valence-corrected chi connectivity index (χ0v) is 12.6. The summed E-state index contributed by atoms with van der Waals surface area (Å²) in [6, 6.07) is 26.5. The van der Waals surface area contributed by atoms with Crippen LogP contribution in [-0.2, 0) is 6.61 Å². The van der Waals surface area contributed by atoms with E-state index in [9.17, 15) is 0 Å². The van der Waals surface area contributed by atoms with Crippen LogP contribution in [0.2, 0.25) is 0 Å². The van der Waals surface area contributed by atoms with E-state index in [-0.39, 0.29) is 0 Å². The largest absolute Gasteiger partial charge is 0.489 e. The molecule has 0 spiro atoms. The van der Waals surface area contributed by atoms with E-state index >= 15 is 0 Å². The number of anilines is 2. The van der Waals surface area contributed by atoms with Crippen molar-refractivity contribution in [3.63, 3.8) is 0 Å². The van der Waals surface area contributed by atoms with Gasteiger partial charge in [-0.05, 0) is 42.3 Å². The van der Waals surface area contributed by atoms with E-state index in [1.54, 1.807) is 0 Å². The summed E-state index contributed by atoms with van der Waals surface area (Å²) in [5.41, 5.74) is 4.51. The maximum absolute atomic E-state index is 5.85. The molecule has 0 unspecified atom stereocenters. The normalized spacial score (nSPS) is 10.2. The van der Waals surface area contributed by atoms with Crippen molar-refractivity contribution in [3.8, 4) is 5.75 Å². The Balaban J connectivity index is 1.67. The molecule has 3 aromatic carbocycles. The molecule has 0 aliphatic rings. The molecule has 0 bridgehead atoms. The Morgan fingerprint density at radius 1 is 0.773 bits per heavy atom. The van der Waals surface area contributed by atoms with E-state index in [0.717, 1.165) is 17.1 Å². The third kappa shape index (κ3) is 3.89. The predicted molar refractivity (Wildman–Crippen MR) is 91.7 cm³/mol. The Kier molecular flexibility index (Phi) is 4.40. The van der Waals surface area contributed by atoms with Crippen molar-refractivity contribution < 1.29 is 4.74 Å². The fourth-order valence-corrected chi connectivity index (χ4v) is 2.29. The van der Waals surface area contributed by atoms with Gasteiger partial charge in [-0.2, -0.15) is 0 Å². The van der Waals surface area contributed by atoms with Crippen LogP contribution in [0, 0.1) is 6.92 Å². The van der Waals surface area contributed by atoms with Crippen molar-refractivity contribution in [2.24, 2.45) is 0 Å². The van der Waals surface area contributed by atoms with Crippen molar-refractivity contribution in [2.75, 3.05) is 5.32 Å². The molecule has 0 aliphatic carbocycles. The molecule has 22 heavy (non-hydrogen) atoms. The maximum atomic E-state index is 5.85. The van der Waals surface area contributed by atoms with Gasteiger partial charge in [-0.3, -0.25) is 0 Å². The number of hydrogen-bond donors (Lipinski definition) is 1. The predicted octanol–water partition coefficient (Wildman–Crippen LogP) is 5.32. The molecule has 0 radical (unpaired) electrons. The van der Waals surface area contributed by atoms with Gasteiger partial charge in [-0.25, -0.2) is 0 Å². The zero-order valence-electron chi connectivity index (χ0n) is 12.6. The van der Waals surface area contributed by atoms with Crippen LogP contribution in [0.1, 0.15) is 11.1 Å².